The third kappa shape index (κ3) is 9.56. The lowest BCUT2D eigenvalue weighted by Gasteiger charge is -2.28. The molecular weight excluding hydrogens is 679 g/mol. The van der Waals surface area contributed by atoms with Crippen LogP contribution >= 0.6 is 0 Å². The van der Waals surface area contributed by atoms with Crippen LogP contribution in [0.2, 0.25) is 0 Å². The Balaban J connectivity index is 1.22. The molecule has 0 aromatic heterocycles. The summed E-state index contributed by atoms with van der Waals surface area (Å²) in [5.41, 5.74) is 5.12. The summed E-state index contributed by atoms with van der Waals surface area (Å²) in [6.45, 7) is 1.97. The Morgan fingerprint density at radius 1 is 1.06 bits per heavy atom. The van der Waals surface area contributed by atoms with E-state index in [4.69, 9.17) is 15.2 Å². The highest BCUT2D eigenvalue weighted by molar-refractivity contribution is 5.91. The van der Waals surface area contributed by atoms with Gasteiger partial charge < -0.3 is 25.4 Å². The molecule has 0 radical (unpaired) electrons. The van der Waals surface area contributed by atoms with E-state index in [1.54, 1.807) is 13.0 Å². The van der Waals surface area contributed by atoms with Crippen LogP contribution in [0.4, 0.5) is 32.4 Å². The summed E-state index contributed by atoms with van der Waals surface area (Å²) in [6, 6.07) is 4.06. The van der Waals surface area contributed by atoms with Gasteiger partial charge >= 0.3 is 18.2 Å². The first-order valence-electron chi connectivity index (χ1n) is 17.0. The number of anilines is 1. The van der Waals surface area contributed by atoms with E-state index in [0.717, 1.165) is 23.8 Å². The minimum absolute atomic E-state index is 0.0144. The summed E-state index contributed by atoms with van der Waals surface area (Å²) >= 11 is 0. The first kappa shape index (κ1) is 37.6. The number of hydrogen-bond donors (Lipinski definition) is 2. The van der Waals surface area contributed by atoms with Crippen LogP contribution in [0, 0.1) is 23.5 Å². The summed E-state index contributed by atoms with van der Waals surface area (Å²) in [5, 5.41) is 2.74. The number of esters is 1. The van der Waals surface area contributed by atoms with Crippen molar-refractivity contribution < 1.29 is 50.6 Å². The average molecular weight is 721 g/mol. The number of likely N-dealkylation sites (tertiary alicyclic amines) is 1. The quantitative estimate of drug-likeness (QED) is 0.105. The maximum Gasteiger partial charge on any atom is 0.416 e. The summed E-state index contributed by atoms with van der Waals surface area (Å²) in [4.78, 5) is 53.7. The van der Waals surface area contributed by atoms with Gasteiger partial charge in [0.25, 0.3) is 0 Å². The Hall–Kier alpha value is -4.69. The van der Waals surface area contributed by atoms with Gasteiger partial charge in [-0.15, -0.1) is 0 Å². The van der Waals surface area contributed by atoms with Gasteiger partial charge in [-0.2, -0.15) is 13.2 Å². The van der Waals surface area contributed by atoms with Gasteiger partial charge in [-0.25, -0.2) is 13.6 Å². The zero-order valence-corrected chi connectivity index (χ0v) is 28.1. The molecule has 1 saturated heterocycles. The van der Waals surface area contributed by atoms with Crippen molar-refractivity contribution in [2.75, 3.05) is 18.5 Å². The Morgan fingerprint density at radius 2 is 1.84 bits per heavy atom. The Bertz CT molecular complexity index is 1650. The third-order valence-electron chi connectivity index (χ3n) is 9.37. The normalized spacial score (nSPS) is 21.8. The second-order valence-corrected chi connectivity index (χ2v) is 13.1. The van der Waals surface area contributed by atoms with Crippen molar-refractivity contribution in [1.82, 2.24) is 9.80 Å². The van der Waals surface area contributed by atoms with E-state index >= 15 is 0 Å². The molecule has 1 saturated carbocycles. The van der Waals surface area contributed by atoms with Crippen molar-refractivity contribution in [3.05, 3.63) is 76.9 Å². The number of amides is 3. The fourth-order valence-electron chi connectivity index (χ4n) is 6.62. The van der Waals surface area contributed by atoms with Crippen LogP contribution in [-0.4, -0.2) is 65.0 Å². The van der Waals surface area contributed by atoms with Gasteiger partial charge in [-0.1, -0.05) is 37.1 Å². The highest BCUT2D eigenvalue weighted by atomic mass is 19.4. The van der Waals surface area contributed by atoms with Crippen molar-refractivity contribution in [3.63, 3.8) is 0 Å². The van der Waals surface area contributed by atoms with Crippen LogP contribution in [0.25, 0.3) is 0 Å². The minimum Gasteiger partial charge on any atom is -0.466 e. The molecule has 15 heteroatoms. The molecule has 51 heavy (non-hydrogen) atoms. The number of ether oxygens (including phenoxy) is 2. The lowest BCUT2D eigenvalue weighted by atomic mass is 10.0. The predicted octanol–water partition coefficient (Wildman–Crippen LogP) is 6.08. The summed E-state index contributed by atoms with van der Waals surface area (Å²) < 4.78 is 79.6. The third-order valence-corrected chi connectivity index (χ3v) is 9.37. The number of unbranched alkanes of at least 4 members (excludes halogenated alkanes) is 3. The zero-order chi connectivity index (χ0) is 36.9. The number of fused-ring (bicyclic) bond motifs is 1. The standard InChI is InChI=1S/C36H41F5N4O6/c1-2-50-34(48)27-13-21(27)9-6-4-3-5-7-12-30(43-25-15-23(36(39,40)41)14-24(37)16-25)33(47)45-19-26(17-31(45)32(42)46)51-35(49)44-18-22-10-8-11-29(38)28(22)20-44/h6,8-11,14-16,21,26-27,30-31,43H,2-5,7,12-13,17-20H2,1H3,(H2,42,46)/b9-6-/t21-,26?,27+,30+,31+/m1/s1. The summed E-state index contributed by atoms with van der Waals surface area (Å²) in [6.07, 6.45) is 0.686. The van der Waals surface area contributed by atoms with Crippen molar-refractivity contribution in [3.8, 4) is 0 Å². The minimum atomic E-state index is -4.84. The van der Waals surface area contributed by atoms with E-state index < -0.39 is 59.5 Å². The molecule has 2 fully saturated rings. The van der Waals surface area contributed by atoms with Crippen LogP contribution in [0.15, 0.2) is 48.6 Å². The fourth-order valence-corrected chi connectivity index (χ4v) is 6.62. The number of hydrogen-bond acceptors (Lipinski definition) is 7. The number of nitrogens with one attached hydrogen (secondary N) is 1. The van der Waals surface area contributed by atoms with Gasteiger partial charge in [0.05, 0.1) is 31.2 Å². The molecule has 0 spiro atoms. The molecule has 5 atom stereocenters. The molecule has 3 aliphatic rings. The summed E-state index contributed by atoms with van der Waals surface area (Å²) in [7, 11) is 0. The molecule has 276 valence electrons. The van der Waals surface area contributed by atoms with E-state index in [-0.39, 0.29) is 56.0 Å². The maximum absolute atomic E-state index is 14.3. The maximum atomic E-state index is 14.3. The Morgan fingerprint density at radius 3 is 2.55 bits per heavy atom. The van der Waals surface area contributed by atoms with Gasteiger partial charge in [0.1, 0.15) is 29.8 Å². The number of nitrogens with zero attached hydrogens (tertiary/aromatic N) is 2. The zero-order valence-electron chi connectivity index (χ0n) is 28.1. The molecule has 3 amide bonds. The lowest BCUT2D eigenvalue weighted by molar-refractivity contribution is -0.145. The number of halogens is 5. The highest BCUT2D eigenvalue weighted by Gasteiger charge is 2.44. The Labute approximate surface area is 292 Å². The molecule has 2 aromatic rings. The first-order valence-corrected chi connectivity index (χ1v) is 17.0. The van der Waals surface area contributed by atoms with Gasteiger partial charge in [0, 0.05) is 24.2 Å². The number of nitrogens with two attached hydrogens (primary N) is 1. The molecule has 0 bridgehead atoms. The van der Waals surface area contributed by atoms with E-state index in [9.17, 15) is 41.1 Å². The molecule has 2 aromatic carbocycles. The highest BCUT2D eigenvalue weighted by Crippen LogP contribution is 2.40. The average Bonchev–Trinajstić information content (AvgIpc) is 3.49. The molecule has 1 aliphatic carbocycles. The molecule has 5 rings (SSSR count). The smallest absolute Gasteiger partial charge is 0.416 e. The van der Waals surface area contributed by atoms with Gasteiger partial charge in [0.15, 0.2) is 0 Å². The number of benzene rings is 2. The molecule has 3 N–H and O–H groups in total. The van der Waals surface area contributed by atoms with Crippen LogP contribution in [0.5, 0.6) is 0 Å². The van der Waals surface area contributed by atoms with Crippen molar-refractivity contribution in [2.45, 2.75) is 89.3 Å². The molecule has 2 heterocycles. The second-order valence-electron chi connectivity index (χ2n) is 13.1. The van der Waals surface area contributed by atoms with Crippen LogP contribution in [0.1, 0.15) is 68.6 Å². The van der Waals surface area contributed by atoms with Gasteiger partial charge in [-0.05, 0) is 68.4 Å². The van der Waals surface area contributed by atoms with Crippen molar-refractivity contribution in [1.29, 1.82) is 0 Å². The molecule has 10 nitrogen and oxygen atoms in total. The molecular formula is C36H41F5N4O6. The van der Waals surface area contributed by atoms with E-state index in [1.165, 1.54) is 17.0 Å². The van der Waals surface area contributed by atoms with E-state index in [2.05, 4.69) is 5.32 Å². The number of carbonyl (C=O) groups excluding carboxylic acids is 4. The number of alkyl halides is 3. The van der Waals surface area contributed by atoms with E-state index in [1.807, 2.05) is 12.2 Å². The monoisotopic (exact) mass is 720 g/mol. The number of rotatable bonds is 14. The predicted molar refractivity (Wildman–Crippen MR) is 174 cm³/mol. The number of carbonyl (C=O) groups is 4. The van der Waals surface area contributed by atoms with Crippen molar-refractivity contribution in [2.24, 2.45) is 17.6 Å². The lowest BCUT2D eigenvalue weighted by Crippen LogP contribution is -2.49. The first-order chi connectivity index (χ1) is 24.2. The Kier molecular flexibility index (Phi) is 11.9. The van der Waals surface area contributed by atoms with Crippen LogP contribution in [0.3, 0.4) is 0 Å². The van der Waals surface area contributed by atoms with Gasteiger partial charge in [0.2, 0.25) is 11.8 Å². The number of allylic oxidation sites excluding steroid dienone is 2. The topological polar surface area (TPSA) is 131 Å². The second kappa shape index (κ2) is 16.1. The molecule has 1 unspecified atom stereocenters. The van der Waals surface area contributed by atoms with Gasteiger partial charge in [-0.3, -0.25) is 19.3 Å². The summed E-state index contributed by atoms with van der Waals surface area (Å²) in [5.74, 6) is -3.31. The fraction of sp³-hybridized carbons (Fsp3) is 0.500. The van der Waals surface area contributed by atoms with Crippen LogP contribution < -0.4 is 11.1 Å². The molecule has 2 aliphatic heterocycles. The van der Waals surface area contributed by atoms with Crippen molar-refractivity contribution >= 4 is 29.6 Å². The number of primary amides is 1. The SMILES string of the molecule is CCOC(=O)[C@H]1C[C@H]1/C=C\CCCCC[C@H](Nc1cc(F)cc(C(F)(F)F)c1)C(=O)N1CC(OC(=O)N2Cc3cccc(F)c3C2)C[C@H]1C(N)=O. The van der Waals surface area contributed by atoms with E-state index in [0.29, 0.717) is 49.1 Å². The van der Waals surface area contributed by atoms with Crippen LogP contribution in [-0.2, 0) is 43.1 Å². The largest absolute Gasteiger partial charge is 0.466 e.